The van der Waals surface area contributed by atoms with Gasteiger partial charge in [0.25, 0.3) is 0 Å². The molecule has 0 amide bonds. The number of hydrogen-bond donors (Lipinski definition) is 0. The smallest absolute Gasteiger partial charge is 0.0987 e. The Bertz CT molecular complexity index is 235. The molecule has 80 valence electrons. The Morgan fingerprint density at radius 1 is 1.07 bits per heavy atom. The van der Waals surface area contributed by atoms with Crippen LogP contribution in [-0.2, 0) is 9.47 Å². The summed E-state index contributed by atoms with van der Waals surface area (Å²) in [6.45, 7) is 6.24. The third-order valence-electron chi connectivity index (χ3n) is 4.63. The summed E-state index contributed by atoms with van der Waals surface area (Å²) in [7, 11) is 0. The van der Waals surface area contributed by atoms with Crippen LogP contribution in [0.4, 0.5) is 0 Å². The summed E-state index contributed by atoms with van der Waals surface area (Å²) in [5.74, 6) is 1.86. The maximum atomic E-state index is 6.20. The van der Waals surface area contributed by atoms with E-state index in [9.17, 15) is 0 Å². The van der Waals surface area contributed by atoms with Crippen molar-refractivity contribution in [3.05, 3.63) is 0 Å². The summed E-state index contributed by atoms with van der Waals surface area (Å²) >= 11 is 0. The fourth-order valence-electron chi connectivity index (χ4n) is 3.20. The predicted molar refractivity (Wildman–Crippen MR) is 54.2 cm³/mol. The molecule has 1 spiro atoms. The highest BCUT2D eigenvalue weighted by molar-refractivity contribution is 5.04. The molecule has 3 atom stereocenters. The van der Waals surface area contributed by atoms with Crippen molar-refractivity contribution in [2.45, 2.75) is 50.7 Å². The van der Waals surface area contributed by atoms with E-state index in [1.54, 1.807) is 0 Å². The monoisotopic (exact) mass is 196 g/mol. The standard InChI is InChI=1S/C12H20O2/c1-11(2)12(5-6-13-11)4-3-9-7-10(9)8-14-12/h9-10H,3-8H2,1-2H3. The van der Waals surface area contributed by atoms with Gasteiger partial charge in [0.15, 0.2) is 0 Å². The molecule has 3 fully saturated rings. The van der Waals surface area contributed by atoms with Crippen molar-refractivity contribution in [2.75, 3.05) is 13.2 Å². The minimum atomic E-state index is -0.0657. The van der Waals surface area contributed by atoms with Crippen LogP contribution in [-0.4, -0.2) is 24.4 Å². The lowest BCUT2D eigenvalue weighted by molar-refractivity contribution is -0.139. The molecular weight excluding hydrogens is 176 g/mol. The van der Waals surface area contributed by atoms with Gasteiger partial charge in [0, 0.05) is 6.42 Å². The van der Waals surface area contributed by atoms with Gasteiger partial charge in [-0.15, -0.1) is 0 Å². The van der Waals surface area contributed by atoms with Gasteiger partial charge in [-0.25, -0.2) is 0 Å². The van der Waals surface area contributed by atoms with Gasteiger partial charge in [0.1, 0.15) is 0 Å². The van der Waals surface area contributed by atoms with Crippen molar-refractivity contribution < 1.29 is 9.47 Å². The molecule has 0 aromatic rings. The SMILES string of the molecule is CC1(C)OCCC12CCC1CC1CO2. The first-order valence-electron chi connectivity index (χ1n) is 5.91. The van der Waals surface area contributed by atoms with Crippen molar-refractivity contribution in [3.8, 4) is 0 Å². The minimum absolute atomic E-state index is 0.0421. The van der Waals surface area contributed by atoms with E-state index < -0.39 is 0 Å². The fraction of sp³-hybridized carbons (Fsp3) is 1.00. The van der Waals surface area contributed by atoms with E-state index in [0.29, 0.717) is 0 Å². The lowest BCUT2D eigenvalue weighted by atomic mass is 9.81. The molecule has 2 saturated heterocycles. The van der Waals surface area contributed by atoms with Crippen LogP contribution in [0.5, 0.6) is 0 Å². The van der Waals surface area contributed by atoms with E-state index in [0.717, 1.165) is 31.5 Å². The van der Waals surface area contributed by atoms with Gasteiger partial charge in [-0.1, -0.05) is 0 Å². The highest BCUT2D eigenvalue weighted by Gasteiger charge is 2.55. The largest absolute Gasteiger partial charge is 0.372 e. The van der Waals surface area contributed by atoms with E-state index >= 15 is 0 Å². The second kappa shape index (κ2) is 2.73. The van der Waals surface area contributed by atoms with E-state index in [-0.39, 0.29) is 11.2 Å². The third kappa shape index (κ3) is 1.17. The second-order valence-corrected chi connectivity index (χ2v) is 5.71. The Hall–Kier alpha value is -0.0800. The zero-order valence-corrected chi connectivity index (χ0v) is 9.21. The summed E-state index contributed by atoms with van der Waals surface area (Å²) in [6, 6.07) is 0. The van der Waals surface area contributed by atoms with Crippen LogP contribution in [0.15, 0.2) is 0 Å². The zero-order valence-electron chi connectivity index (χ0n) is 9.21. The lowest BCUT2D eigenvalue weighted by Gasteiger charge is -2.39. The van der Waals surface area contributed by atoms with Crippen molar-refractivity contribution in [2.24, 2.45) is 11.8 Å². The van der Waals surface area contributed by atoms with Crippen LogP contribution >= 0.6 is 0 Å². The molecule has 2 heteroatoms. The van der Waals surface area contributed by atoms with Gasteiger partial charge in [-0.05, 0) is 44.9 Å². The Morgan fingerprint density at radius 3 is 2.64 bits per heavy atom. The quantitative estimate of drug-likeness (QED) is 0.592. The molecule has 3 aliphatic rings. The van der Waals surface area contributed by atoms with Crippen LogP contribution in [0.3, 0.4) is 0 Å². The Balaban J connectivity index is 1.81. The normalized spacial score (nSPS) is 50.1. The van der Waals surface area contributed by atoms with Gasteiger partial charge in [-0.2, -0.15) is 0 Å². The molecule has 1 aliphatic carbocycles. The first kappa shape index (κ1) is 9.17. The maximum absolute atomic E-state index is 6.20. The average Bonchev–Trinajstić information content (AvgIpc) is 2.80. The molecule has 2 aliphatic heterocycles. The summed E-state index contributed by atoms with van der Waals surface area (Å²) in [4.78, 5) is 0. The van der Waals surface area contributed by atoms with Crippen LogP contribution in [0.2, 0.25) is 0 Å². The minimum Gasteiger partial charge on any atom is -0.372 e. The van der Waals surface area contributed by atoms with Crippen LogP contribution in [0, 0.1) is 11.8 Å². The topological polar surface area (TPSA) is 18.5 Å². The van der Waals surface area contributed by atoms with Crippen molar-refractivity contribution in [1.29, 1.82) is 0 Å². The highest BCUT2D eigenvalue weighted by atomic mass is 16.6. The zero-order chi connectivity index (χ0) is 9.81. The molecule has 2 nitrogen and oxygen atoms in total. The molecule has 3 unspecified atom stereocenters. The fourth-order valence-corrected chi connectivity index (χ4v) is 3.20. The average molecular weight is 196 g/mol. The van der Waals surface area contributed by atoms with Crippen molar-refractivity contribution >= 4 is 0 Å². The summed E-state index contributed by atoms with van der Waals surface area (Å²) < 4.78 is 12.0. The summed E-state index contributed by atoms with van der Waals surface area (Å²) in [5, 5.41) is 0. The number of hydrogen-bond acceptors (Lipinski definition) is 2. The predicted octanol–water partition coefficient (Wildman–Crippen LogP) is 2.37. The molecule has 0 radical (unpaired) electrons. The molecule has 2 heterocycles. The Kier molecular flexibility index (Phi) is 1.79. The van der Waals surface area contributed by atoms with E-state index in [4.69, 9.17) is 9.47 Å². The van der Waals surface area contributed by atoms with Gasteiger partial charge in [0.2, 0.25) is 0 Å². The molecule has 0 bridgehead atoms. The molecule has 0 N–H and O–H groups in total. The second-order valence-electron chi connectivity index (χ2n) is 5.71. The van der Waals surface area contributed by atoms with E-state index in [1.807, 2.05) is 0 Å². The molecule has 0 aromatic heterocycles. The highest BCUT2D eigenvalue weighted by Crippen LogP contribution is 2.52. The van der Waals surface area contributed by atoms with Gasteiger partial charge in [0.05, 0.1) is 24.4 Å². The Morgan fingerprint density at radius 2 is 1.93 bits per heavy atom. The first-order chi connectivity index (χ1) is 6.63. The first-order valence-corrected chi connectivity index (χ1v) is 5.91. The molecule has 14 heavy (non-hydrogen) atoms. The number of fused-ring (bicyclic) bond motifs is 1. The van der Waals surface area contributed by atoms with Gasteiger partial charge >= 0.3 is 0 Å². The van der Waals surface area contributed by atoms with Gasteiger partial charge < -0.3 is 9.47 Å². The van der Waals surface area contributed by atoms with E-state index in [1.165, 1.54) is 19.3 Å². The number of ether oxygens (including phenoxy) is 2. The van der Waals surface area contributed by atoms with Crippen molar-refractivity contribution in [1.82, 2.24) is 0 Å². The third-order valence-corrected chi connectivity index (χ3v) is 4.63. The number of rotatable bonds is 0. The van der Waals surface area contributed by atoms with E-state index in [2.05, 4.69) is 13.8 Å². The van der Waals surface area contributed by atoms with Crippen LogP contribution in [0.25, 0.3) is 0 Å². The maximum Gasteiger partial charge on any atom is 0.0987 e. The summed E-state index contributed by atoms with van der Waals surface area (Å²) in [6.07, 6.45) is 5.08. The van der Waals surface area contributed by atoms with Crippen molar-refractivity contribution in [3.63, 3.8) is 0 Å². The van der Waals surface area contributed by atoms with Gasteiger partial charge in [-0.3, -0.25) is 0 Å². The lowest BCUT2D eigenvalue weighted by Crippen LogP contribution is -2.48. The summed E-state index contributed by atoms with van der Waals surface area (Å²) in [5.41, 5.74) is -0.0236. The Labute approximate surface area is 86.0 Å². The molecule has 0 aromatic carbocycles. The molecular formula is C12H20O2. The molecule has 3 rings (SSSR count). The van der Waals surface area contributed by atoms with Crippen LogP contribution in [0.1, 0.15) is 39.5 Å². The molecule has 1 saturated carbocycles. The van der Waals surface area contributed by atoms with Crippen LogP contribution < -0.4 is 0 Å².